The molecule has 0 aromatic heterocycles. The Bertz CT molecular complexity index is 1170. The predicted octanol–water partition coefficient (Wildman–Crippen LogP) is -2.16. The molecule has 4 rings (SSSR count). The van der Waals surface area contributed by atoms with Crippen LogP contribution in [0.3, 0.4) is 0 Å². The van der Waals surface area contributed by atoms with Crippen LogP contribution in [0.15, 0.2) is 4.99 Å². The van der Waals surface area contributed by atoms with E-state index in [1.807, 2.05) is 0 Å². The van der Waals surface area contributed by atoms with E-state index in [4.69, 9.17) is 11.5 Å². The van der Waals surface area contributed by atoms with E-state index in [2.05, 4.69) is 20.9 Å². The number of carboxylic acid groups (broad SMARTS) is 1. The maximum atomic E-state index is 13.9. The van der Waals surface area contributed by atoms with Crippen molar-refractivity contribution in [2.24, 2.45) is 16.5 Å². The molecule has 6 unspecified atom stereocenters. The third-order valence-electron chi connectivity index (χ3n) is 9.15. The fraction of sp³-hybridized carbons (Fsp3) is 0.759. The molecule has 16 heteroatoms. The number of likely N-dealkylation sites (tertiary alicyclic amines) is 3. The van der Waals surface area contributed by atoms with Gasteiger partial charge in [-0.2, -0.15) is 0 Å². The molecule has 45 heavy (non-hydrogen) atoms. The van der Waals surface area contributed by atoms with Gasteiger partial charge in [-0.25, -0.2) is 4.79 Å². The number of nitrogens with two attached hydrogens (primary N) is 2. The molecule has 0 aromatic rings. The zero-order chi connectivity index (χ0) is 32.7. The van der Waals surface area contributed by atoms with E-state index in [9.17, 15) is 33.9 Å². The molecule has 4 heterocycles. The summed E-state index contributed by atoms with van der Waals surface area (Å²) in [5, 5.41) is 18.3. The number of carbonyl (C=O) groups is 6. The number of hydrogen-bond acceptors (Lipinski definition) is 8. The Labute approximate surface area is 262 Å². The first kappa shape index (κ1) is 33.9. The van der Waals surface area contributed by atoms with Crippen molar-refractivity contribution in [3.63, 3.8) is 0 Å². The van der Waals surface area contributed by atoms with Crippen LogP contribution in [-0.4, -0.2) is 130 Å². The fourth-order valence-corrected chi connectivity index (χ4v) is 6.83. The number of rotatable bonds is 12. The van der Waals surface area contributed by atoms with Crippen molar-refractivity contribution in [1.29, 1.82) is 0 Å². The summed E-state index contributed by atoms with van der Waals surface area (Å²) < 4.78 is 0. The Morgan fingerprint density at radius 2 is 1.44 bits per heavy atom. The van der Waals surface area contributed by atoms with Gasteiger partial charge in [0.05, 0.1) is 6.04 Å². The molecular weight excluding hydrogens is 586 g/mol. The summed E-state index contributed by atoms with van der Waals surface area (Å²) in [7, 11) is 0. The maximum Gasteiger partial charge on any atom is 0.326 e. The minimum atomic E-state index is -1.07. The lowest BCUT2D eigenvalue weighted by atomic mass is 10.1. The largest absolute Gasteiger partial charge is 0.480 e. The topological polar surface area (TPSA) is 233 Å². The van der Waals surface area contributed by atoms with Crippen LogP contribution in [0.5, 0.6) is 0 Å². The average molecular weight is 634 g/mol. The first-order valence-corrected chi connectivity index (χ1v) is 16.0. The van der Waals surface area contributed by atoms with Gasteiger partial charge >= 0.3 is 5.97 Å². The van der Waals surface area contributed by atoms with E-state index in [-0.39, 0.29) is 36.8 Å². The van der Waals surface area contributed by atoms with Gasteiger partial charge in [-0.05, 0) is 77.7 Å². The van der Waals surface area contributed by atoms with Crippen molar-refractivity contribution in [3.05, 3.63) is 0 Å². The van der Waals surface area contributed by atoms with Crippen LogP contribution >= 0.6 is 0 Å². The second-order valence-electron chi connectivity index (χ2n) is 12.3. The normalized spacial score (nSPS) is 25.9. The van der Waals surface area contributed by atoms with Gasteiger partial charge in [0, 0.05) is 26.2 Å². The maximum absolute atomic E-state index is 13.9. The van der Waals surface area contributed by atoms with Crippen LogP contribution in [0.1, 0.15) is 71.1 Å². The lowest BCUT2D eigenvalue weighted by Gasteiger charge is -2.33. The molecule has 0 aromatic carbocycles. The number of nitrogens with one attached hydrogen (secondary N) is 3. The van der Waals surface area contributed by atoms with Crippen LogP contribution in [0.4, 0.5) is 0 Å². The molecule has 6 atom stereocenters. The van der Waals surface area contributed by atoms with Crippen molar-refractivity contribution in [3.8, 4) is 0 Å². The highest BCUT2D eigenvalue weighted by Gasteiger charge is 2.44. The summed E-state index contributed by atoms with van der Waals surface area (Å²) in [6, 6.07) is -4.76. The molecule has 250 valence electrons. The number of carboxylic acids is 1. The molecule has 0 aliphatic carbocycles. The van der Waals surface area contributed by atoms with E-state index in [0.717, 1.165) is 13.0 Å². The van der Waals surface area contributed by atoms with Gasteiger partial charge in [0.2, 0.25) is 29.5 Å². The number of nitrogens with zero attached hydrogens (tertiary/aromatic N) is 4. The number of aliphatic imine (C=N–C) groups is 1. The number of hydrogen-bond donors (Lipinski definition) is 6. The van der Waals surface area contributed by atoms with Gasteiger partial charge in [0.25, 0.3) is 0 Å². The monoisotopic (exact) mass is 633 g/mol. The van der Waals surface area contributed by atoms with Crippen molar-refractivity contribution in [2.45, 2.75) is 107 Å². The minimum Gasteiger partial charge on any atom is -0.480 e. The summed E-state index contributed by atoms with van der Waals surface area (Å²) >= 11 is 0. The lowest BCUT2D eigenvalue weighted by Crippen LogP contribution is -2.58. The summed E-state index contributed by atoms with van der Waals surface area (Å²) in [6.07, 6.45) is 5.00. The zero-order valence-electron chi connectivity index (χ0n) is 25.9. The summed E-state index contributed by atoms with van der Waals surface area (Å²) in [5.74, 6) is -3.14. The highest BCUT2D eigenvalue weighted by atomic mass is 16.4. The molecule has 5 amide bonds. The number of guanidine groups is 1. The number of carbonyl (C=O) groups excluding carboxylic acids is 5. The Morgan fingerprint density at radius 1 is 0.822 bits per heavy atom. The second kappa shape index (κ2) is 15.4. The van der Waals surface area contributed by atoms with Crippen molar-refractivity contribution < 1.29 is 33.9 Å². The smallest absolute Gasteiger partial charge is 0.326 e. The Kier molecular flexibility index (Phi) is 11.6. The predicted molar refractivity (Wildman–Crippen MR) is 162 cm³/mol. The average Bonchev–Trinajstić information content (AvgIpc) is 3.83. The number of aliphatic carboxylic acids is 1. The molecule has 4 saturated heterocycles. The second-order valence-corrected chi connectivity index (χ2v) is 12.3. The van der Waals surface area contributed by atoms with Crippen LogP contribution in [-0.2, 0) is 28.8 Å². The van der Waals surface area contributed by atoms with Crippen molar-refractivity contribution in [1.82, 2.24) is 30.7 Å². The van der Waals surface area contributed by atoms with Crippen LogP contribution in [0.25, 0.3) is 0 Å². The molecule has 0 spiro atoms. The van der Waals surface area contributed by atoms with Crippen LogP contribution < -0.4 is 27.4 Å². The third-order valence-corrected chi connectivity index (χ3v) is 9.15. The minimum absolute atomic E-state index is 0.101. The lowest BCUT2D eigenvalue weighted by molar-refractivity contribution is -0.152. The molecule has 4 aliphatic heterocycles. The van der Waals surface area contributed by atoms with E-state index < -0.39 is 53.9 Å². The Hall–Kier alpha value is -3.95. The molecule has 0 bridgehead atoms. The molecular formula is C29H47N9O7. The van der Waals surface area contributed by atoms with E-state index in [1.165, 1.54) is 14.7 Å². The van der Waals surface area contributed by atoms with Crippen LogP contribution in [0.2, 0.25) is 0 Å². The highest BCUT2D eigenvalue weighted by Crippen LogP contribution is 2.26. The summed E-state index contributed by atoms with van der Waals surface area (Å²) in [6.45, 7) is 3.51. The van der Waals surface area contributed by atoms with Gasteiger partial charge in [-0.3, -0.25) is 29.0 Å². The van der Waals surface area contributed by atoms with Gasteiger partial charge in [0.1, 0.15) is 30.2 Å². The summed E-state index contributed by atoms with van der Waals surface area (Å²) in [4.78, 5) is 86.9. The van der Waals surface area contributed by atoms with E-state index in [1.54, 1.807) is 6.92 Å². The zero-order valence-corrected chi connectivity index (χ0v) is 25.9. The fourth-order valence-electron chi connectivity index (χ4n) is 6.83. The van der Waals surface area contributed by atoms with Crippen molar-refractivity contribution >= 4 is 41.5 Å². The van der Waals surface area contributed by atoms with Gasteiger partial charge in [-0.1, -0.05) is 0 Å². The standard InChI is InChI=1S/C29H47N9O7/c1-17(34-23(39)18-7-2-12-32-18)25(41)36-14-4-9-20(36)24(40)35-19(8-3-13-33-29(30)31)26(42)37-15-5-10-21(37)27(43)38-16-6-11-22(38)28(44)45/h17-22,32H,2-16H2,1H3,(H,34,39)(H,35,40)(H,44,45)(H4,30,31,33). The van der Waals surface area contributed by atoms with Crippen molar-refractivity contribution in [2.75, 3.05) is 32.7 Å². The quantitative estimate of drug-likeness (QED) is 0.0774. The SMILES string of the molecule is CC(NC(=O)C1CCCN1)C(=O)N1CCCC1C(=O)NC(CCCN=C(N)N)C(=O)N1CCCC1C(=O)N1CCCC1C(=O)O. The van der Waals surface area contributed by atoms with E-state index >= 15 is 0 Å². The molecule has 0 saturated carbocycles. The van der Waals surface area contributed by atoms with E-state index in [0.29, 0.717) is 71.0 Å². The Morgan fingerprint density at radius 3 is 2.07 bits per heavy atom. The van der Waals surface area contributed by atoms with Gasteiger partial charge in [0.15, 0.2) is 5.96 Å². The molecule has 0 radical (unpaired) electrons. The summed E-state index contributed by atoms with van der Waals surface area (Å²) in [5.41, 5.74) is 10.9. The molecule has 4 aliphatic rings. The third kappa shape index (κ3) is 8.21. The molecule has 16 nitrogen and oxygen atoms in total. The number of amides is 5. The Balaban J connectivity index is 1.44. The van der Waals surface area contributed by atoms with Gasteiger partial charge in [-0.15, -0.1) is 0 Å². The first-order valence-electron chi connectivity index (χ1n) is 16.0. The molecule has 4 fully saturated rings. The van der Waals surface area contributed by atoms with Crippen LogP contribution in [0, 0.1) is 0 Å². The highest BCUT2D eigenvalue weighted by molar-refractivity contribution is 5.97. The first-order chi connectivity index (χ1) is 21.5. The molecule has 8 N–H and O–H groups in total. The van der Waals surface area contributed by atoms with Gasteiger partial charge < -0.3 is 47.2 Å².